The van der Waals surface area contributed by atoms with Crippen LogP contribution in [0.4, 0.5) is 4.79 Å². The highest BCUT2D eigenvalue weighted by Crippen LogP contribution is 2.44. The van der Waals surface area contributed by atoms with E-state index in [2.05, 4.69) is 5.32 Å². The number of nitrogens with one attached hydrogen (secondary N) is 1. The van der Waals surface area contributed by atoms with Crippen molar-refractivity contribution in [1.82, 2.24) is 5.32 Å². The van der Waals surface area contributed by atoms with Crippen molar-refractivity contribution in [2.24, 2.45) is 0 Å². The fourth-order valence-electron chi connectivity index (χ4n) is 3.68. The Morgan fingerprint density at radius 2 is 1.62 bits per heavy atom. The Hall–Kier alpha value is -3.58. The van der Waals surface area contributed by atoms with Crippen LogP contribution in [0.2, 0.25) is 0 Å². The molecular formula is C22H19NO6. The third kappa shape index (κ3) is 3.60. The molecule has 0 unspecified atom stereocenters. The van der Waals surface area contributed by atoms with Crippen LogP contribution in [0.5, 0.6) is 0 Å². The van der Waals surface area contributed by atoms with E-state index >= 15 is 0 Å². The van der Waals surface area contributed by atoms with Crippen LogP contribution in [-0.4, -0.2) is 35.0 Å². The number of aliphatic carboxylic acids is 1. The predicted molar refractivity (Wildman–Crippen MR) is 103 cm³/mol. The average Bonchev–Trinajstić information content (AvgIpc) is 3.37. The number of aliphatic hydroxyl groups is 1. The highest BCUT2D eigenvalue weighted by Gasteiger charge is 2.33. The lowest BCUT2D eigenvalue weighted by molar-refractivity contribution is -0.148. The summed E-state index contributed by atoms with van der Waals surface area (Å²) < 4.78 is 10.5. The van der Waals surface area contributed by atoms with E-state index in [1.54, 1.807) is 0 Å². The fraction of sp³-hybridized carbons (Fsp3) is 0.182. The highest BCUT2D eigenvalue weighted by atomic mass is 16.5. The minimum absolute atomic E-state index is 0.0773. The number of aliphatic hydroxyl groups excluding tert-OH is 1. The zero-order valence-electron chi connectivity index (χ0n) is 15.3. The van der Waals surface area contributed by atoms with Crippen molar-refractivity contribution >= 4 is 12.1 Å². The molecule has 1 aromatic heterocycles. The largest absolute Gasteiger partial charge is 0.479 e. The molecule has 3 aromatic rings. The summed E-state index contributed by atoms with van der Waals surface area (Å²) in [6.07, 6.45) is -1.38. The van der Waals surface area contributed by atoms with Crippen LogP contribution in [0, 0.1) is 0 Å². The molecule has 1 heterocycles. The molecule has 0 saturated carbocycles. The summed E-state index contributed by atoms with van der Waals surface area (Å²) in [7, 11) is 0. The van der Waals surface area contributed by atoms with Crippen molar-refractivity contribution in [3.05, 3.63) is 83.8 Å². The van der Waals surface area contributed by atoms with Crippen molar-refractivity contribution < 1.29 is 29.0 Å². The monoisotopic (exact) mass is 393 g/mol. The van der Waals surface area contributed by atoms with Crippen molar-refractivity contribution in [1.29, 1.82) is 0 Å². The first kappa shape index (κ1) is 18.8. The molecule has 2 atom stereocenters. The SMILES string of the molecule is O=C(N[C@@H](c1ccco1)[C@H](O)C(=O)O)OCC1c2ccccc2-c2ccccc21. The highest BCUT2D eigenvalue weighted by molar-refractivity contribution is 5.79. The summed E-state index contributed by atoms with van der Waals surface area (Å²) >= 11 is 0. The lowest BCUT2D eigenvalue weighted by atomic mass is 9.98. The van der Waals surface area contributed by atoms with Crippen LogP contribution in [0.3, 0.4) is 0 Å². The maximum Gasteiger partial charge on any atom is 0.407 e. The Kier molecular flexibility index (Phi) is 5.05. The standard InChI is InChI=1S/C22H19NO6/c24-20(21(25)26)19(18-10-5-11-28-18)23-22(27)29-12-17-15-8-3-1-6-13(15)14-7-2-4-9-16(14)17/h1-11,17,19-20,24H,12H2,(H,23,27)(H,25,26)/t19-,20-/m0/s1. The number of carbonyl (C=O) groups excluding carboxylic acids is 1. The second kappa shape index (κ2) is 7.81. The molecular weight excluding hydrogens is 374 g/mol. The first-order chi connectivity index (χ1) is 14.1. The molecule has 2 aromatic carbocycles. The van der Waals surface area contributed by atoms with Crippen molar-refractivity contribution in [3.8, 4) is 11.1 Å². The van der Waals surface area contributed by atoms with Gasteiger partial charge >= 0.3 is 12.1 Å². The van der Waals surface area contributed by atoms with Crippen LogP contribution < -0.4 is 5.32 Å². The minimum atomic E-state index is -1.87. The maximum atomic E-state index is 12.4. The van der Waals surface area contributed by atoms with Gasteiger partial charge in [0.25, 0.3) is 0 Å². The van der Waals surface area contributed by atoms with Crippen LogP contribution in [0.15, 0.2) is 71.3 Å². The number of furan rings is 1. The molecule has 148 valence electrons. The van der Waals surface area contributed by atoms with Gasteiger partial charge in [0.2, 0.25) is 0 Å². The lowest BCUT2D eigenvalue weighted by Gasteiger charge is -2.20. The van der Waals surface area contributed by atoms with Gasteiger partial charge in [0.15, 0.2) is 6.10 Å². The van der Waals surface area contributed by atoms with Gasteiger partial charge in [-0.25, -0.2) is 9.59 Å². The number of amides is 1. The van der Waals surface area contributed by atoms with Crippen LogP contribution >= 0.6 is 0 Å². The molecule has 3 N–H and O–H groups in total. The normalized spacial score (nSPS) is 14.5. The third-order valence-corrected chi connectivity index (χ3v) is 5.04. The van der Waals surface area contributed by atoms with Gasteiger partial charge in [-0.15, -0.1) is 0 Å². The number of carboxylic acid groups (broad SMARTS) is 1. The number of carbonyl (C=O) groups is 2. The van der Waals surface area contributed by atoms with Crippen molar-refractivity contribution in [3.63, 3.8) is 0 Å². The van der Waals surface area contributed by atoms with E-state index in [1.165, 1.54) is 18.4 Å². The summed E-state index contributed by atoms with van der Waals surface area (Å²) in [6, 6.07) is 17.6. The van der Waals surface area contributed by atoms with Crippen LogP contribution in [0.1, 0.15) is 28.8 Å². The van der Waals surface area contributed by atoms with E-state index in [9.17, 15) is 14.7 Å². The van der Waals surface area contributed by atoms with E-state index in [0.29, 0.717) is 0 Å². The molecule has 0 spiro atoms. The summed E-state index contributed by atoms with van der Waals surface area (Å²) in [6.45, 7) is 0.0773. The third-order valence-electron chi connectivity index (χ3n) is 5.04. The molecule has 0 saturated heterocycles. The van der Waals surface area contributed by atoms with Gasteiger partial charge < -0.3 is 24.7 Å². The number of benzene rings is 2. The fourth-order valence-corrected chi connectivity index (χ4v) is 3.68. The van der Waals surface area contributed by atoms with Crippen LogP contribution in [-0.2, 0) is 9.53 Å². The summed E-state index contributed by atoms with van der Waals surface area (Å²) in [4.78, 5) is 23.6. The second-order valence-corrected chi connectivity index (χ2v) is 6.75. The van der Waals surface area contributed by atoms with Gasteiger partial charge in [-0.05, 0) is 34.4 Å². The number of fused-ring (bicyclic) bond motifs is 3. The van der Waals surface area contributed by atoms with E-state index in [-0.39, 0.29) is 18.3 Å². The van der Waals surface area contributed by atoms with E-state index in [4.69, 9.17) is 14.3 Å². The molecule has 7 heteroatoms. The maximum absolute atomic E-state index is 12.4. The Balaban J connectivity index is 1.49. The van der Waals surface area contributed by atoms with Gasteiger partial charge in [0, 0.05) is 5.92 Å². The predicted octanol–water partition coefficient (Wildman–Crippen LogP) is 3.30. The second-order valence-electron chi connectivity index (χ2n) is 6.75. The van der Waals surface area contributed by atoms with Crippen LogP contribution in [0.25, 0.3) is 11.1 Å². The molecule has 7 nitrogen and oxygen atoms in total. The molecule has 0 bridgehead atoms. The Labute approximate surface area is 166 Å². The molecule has 0 aliphatic heterocycles. The summed E-state index contributed by atoms with van der Waals surface area (Å²) in [5.41, 5.74) is 4.34. The van der Waals surface area contributed by atoms with Crippen molar-refractivity contribution in [2.45, 2.75) is 18.1 Å². The van der Waals surface area contributed by atoms with E-state index < -0.39 is 24.2 Å². The lowest BCUT2D eigenvalue weighted by Crippen LogP contribution is -2.40. The molecule has 29 heavy (non-hydrogen) atoms. The molecule has 1 aliphatic carbocycles. The quantitative estimate of drug-likeness (QED) is 0.593. The number of ether oxygens (including phenoxy) is 1. The molecule has 0 radical (unpaired) electrons. The first-order valence-electron chi connectivity index (χ1n) is 9.12. The van der Waals surface area contributed by atoms with Gasteiger partial charge in [0.1, 0.15) is 18.4 Å². The summed E-state index contributed by atoms with van der Waals surface area (Å²) in [5, 5.41) is 21.4. The summed E-state index contributed by atoms with van der Waals surface area (Å²) in [5.74, 6) is -1.49. The number of hydrogen-bond donors (Lipinski definition) is 3. The van der Waals surface area contributed by atoms with Gasteiger partial charge in [0.05, 0.1) is 6.26 Å². The van der Waals surface area contributed by atoms with Crippen molar-refractivity contribution in [2.75, 3.05) is 6.61 Å². The van der Waals surface area contributed by atoms with Gasteiger partial charge in [-0.3, -0.25) is 0 Å². The molecule has 1 amide bonds. The number of alkyl carbamates (subject to hydrolysis) is 1. The molecule has 4 rings (SSSR count). The zero-order chi connectivity index (χ0) is 20.4. The Morgan fingerprint density at radius 3 is 2.17 bits per heavy atom. The Bertz CT molecular complexity index is 984. The smallest absolute Gasteiger partial charge is 0.407 e. The average molecular weight is 393 g/mol. The van der Waals surface area contributed by atoms with Gasteiger partial charge in [-0.2, -0.15) is 0 Å². The molecule has 0 fully saturated rings. The Morgan fingerprint density at radius 1 is 1.00 bits per heavy atom. The van der Waals surface area contributed by atoms with E-state index in [0.717, 1.165) is 22.3 Å². The molecule has 1 aliphatic rings. The number of carboxylic acids is 1. The zero-order valence-corrected chi connectivity index (χ0v) is 15.3. The van der Waals surface area contributed by atoms with E-state index in [1.807, 2.05) is 48.5 Å². The number of hydrogen-bond acceptors (Lipinski definition) is 5. The topological polar surface area (TPSA) is 109 Å². The van der Waals surface area contributed by atoms with Gasteiger partial charge in [-0.1, -0.05) is 48.5 Å². The first-order valence-corrected chi connectivity index (χ1v) is 9.12. The number of rotatable bonds is 6. The minimum Gasteiger partial charge on any atom is -0.479 e.